The van der Waals surface area contributed by atoms with Crippen LogP contribution in [0.1, 0.15) is 35.1 Å². The van der Waals surface area contributed by atoms with Gasteiger partial charge in [0.25, 0.3) is 5.91 Å². The Bertz CT molecular complexity index is 945. The summed E-state index contributed by atoms with van der Waals surface area (Å²) in [7, 11) is 0. The van der Waals surface area contributed by atoms with E-state index in [1.54, 1.807) is 23.2 Å². The molecule has 1 atom stereocenters. The molecule has 1 saturated heterocycles. The first-order chi connectivity index (χ1) is 12.6. The van der Waals surface area contributed by atoms with Gasteiger partial charge in [-0.3, -0.25) is 9.78 Å². The zero-order valence-corrected chi connectivity index (χ0v) is 13.6. The minimum atomic E-state index is -1.05. The van der Waals surface area contributed by atoms with E-state index in [0.717, 1.165) is 18.6 Å². The Morgan fingerprint density at radius 3 is 2.85 bits per heavy atom. The molecule has 3 heterocycles. The van der Waals surface area contributed by atoms with Crippen LogP contribution in [0.3, 0.4) is 0 Å². The summed E-state index contributed by atoms with van der Waals surface area (Å²) in [4.78, 5) is 22.8. The predicted molar refractivity (Wildman–Crippen MR) is 86.9 cm³/mol. The number of amides is 1. The van der Waals surface area contributed by atoms with E-state index in [0.29, 0.717) is 30.4 Å². The van der Waals surface area contributed by atoms with Crippen LogP contribution in [-0.2, 0) is 0 Å². The highest BCUT2D eigenvalue weighted by molar-refractivity contribution is 5.94. The van der Waals surface area contributed by atoms with Crippen LogP contribution < -0.4 is 0 Å². The summed E-state index contributed by atoms with van der Waals surface area (Å²) < 4.78 is 31.9. The fraction of sp³-hybridized carbons (Fsp3) is 0.222. The molecule has 0 radical (unpaired) electrons. The third kappa shape index (κ3) is 2.94. The highest BCUT2D eigenvalue weighted by Gasteiger charge is 2.35. The first kappa shape index (κ1) is 16.3. The van der Waals surface area contributed by atoms with Gasteiger partial charge in [-0.25, -0.2) is 8.78 Å². The van der Waals surface area contributed by atoms with Crippen LogP contribution in [0.15, 0.2) is 47.1 Å². The number of benzene rings is 1. The van der Waals surface area contributed by atoms with Crippen molar-refractivity contribution >= 4 is 5.91 Å². The largest absolute Gasteiger partial charge is 0.337 e. The molecule has 0 N–H and O–H groups in total. The Balaban J connectivity index is 1.60. The Labute approximate surface area is 147 Å². The molecule has 8 heteroatoms. The minimum absolute atomic E-state index is 0.0836. The maximum atomic E-state index is 13.4. The highest BCUT2D eigenvalue weighted by Crippen LogP contribution is 2.33. The topological polar surface area (TPSA) is 72.1 Å². The summed E-state index contributed by atoms with van der Waals surface area (Å²) in [5.74, 6) is -1.80. The van der Waals surface area contributed by atoms with Crippen molar-refractivity contribution in [2.45, 2.75) is 18.9 Å². The lowest BCUT2D eigenvalue weighted by atomic mass is 10.1. The van der Waals surface area contributed by atoms with Gasteiger partial charge in [-0.05, 0) is 43.2 Å². The number of nitrogens with zero attached hydrogens (tertiary/aromatic N) is 4. The summed E-state index contributed by atoms with van der Waals surface area (Å²) >= 11 is 0. The first-order valence-electron chi connectivity index (χ1n) is 8.14. The highest BCUT2D eigenvalue weighted by atomic mass is 19.2. The molecule has 2 aromatic heterocycles. The molecule has 6 nitrogen and oxygen atoms in total. The number of halogens is 2. The van der Waals surface area contributed by atoms with Crippen LogP contribution in [0.5, 0.6) is 0 Å². The van der Waals surface area contributed by atoms with Crippen molar-refractivity contribution < 1.29 is 18.1 Å². The second-order valence-electron chi connectivity index (χ2n) is 5.96. The third-order valence-corrected chi connectivity index (χ3v) is 4.30. The Kier molecular flexibility index (Phi) is 4.16. The molecule has 26 heavy (non-hydrogen) atoms. The minimum Gasteiger partial charge on any atom is -0.337 e. The second-order valence-corrected chi connectivity index (χ2v) is 5.96. The van der Waals surface area contributed by atoms with Crippen molar-refractivity contribution in [3.05, 3.63) is 65.7 Å². The van der Waals surface area contributed by atoms with E-state index in [1.165, 1.54) is 6.07 Å². The molecule has 0 bridgehead atoms. The summed E-state index contributed by atoms with van der Waals surface area (Å²) in [6.45, 7) is 0.476. The van der Waals surface area contributed by atoms with Gasteiger partial charge >= 0.3 is 0 Å². The maximum Gasteiger partial charge on any atom is 0.254 e. The van der Waals surface area contributed by atoms with E-state index in [9.17, 15) is 13.6 Å². The van der Waals surface area contributed by atoms with E-state index in [4.69, 9.17) is 4.52 Å². The molecule has 0 aliphatic carbocycles. The van der Waals surface area contributed by atoms with Gasteiger partial charge in [0.2, 0.25) is 11.7 Å². The molecule has 1 aromatic carbocycles. The molecule has 1 amide bonds. The molecular formula is C18H14F2N4O2. The second kappa shape index (κ2) is 6.62. The molecule has 0 spiro atoms. The standard InChI is InChI=1S/C18H14F2N4O2/c19-12-7-6-11(10-13(12)20)18(25)24-9-3-5-15(24)17-22-16(23-26-17)14-4-1-2-8-21-14/h1-2,4,6-8,10,15H,3,5,9H2. The molecule has 4 rings (SSSR count). The van der Waals surface area contributed by atoms with Gasteiger partial charge in [0.1, 0.15) is 11.7 Å². The fourth-order valence-corrected chi connectivity index (χ4v) is 3.03. The van der Waals surface area contributed by atoms with Crippen LogP contribution >= 0.6 is 0 Å². The first-order valence-corrected chi connectivity index (χ1v) is 8.14. The average Bonchev–Trinajstić information content (AvgIpc) is 3.33. The summed E-state index contributed by atoms with van der Waals surface area (Å²) in [5, 5.41) is 3.93. The van der Waals surface area contributed by atoms with Gasteiger partial charge in [-0.1, -0.05) is 11.2 Å². The van der Waals surface area contributed by atoms with Crippen LogP contribution in [0, 0.1) is 11.6 Å². The molecule has 3 aromatic rings. The van der Waals surface area contributed by atoms with E-state index < -0.39 is 23.6 Å². The van der Waals surface area contributed by atoms with Crippen molar-refractivity contribution in [2.75, 3.05) is 6.54 Å². The maximum absolute atomic E-state index is 13.4. The van der Waals surface area contributed by atoms with Crippen molar-refractivity contribution in [1.82, 2.24) is 20.0 Å². The molecule has 1 unspecified atom stereocenters. The summed E-state index contributed by atoms with van der Waals surface area (Å²) in [6.07, 6.45) is 3.03. The van der Waals surface area contributed by atoms with Crippen LogP contribution in [0.2, 0.25) is 0 Å². The third-order valence-electron chi connectivity index (χ3n) is 4.30. The van der Waals surface area contributed by atoms with E-state index in [1.807, 2.05) is 6.07 Å². The molecule has 1 aliphatic heterocycles. The van der Waals surface area contributed by atoms with E-state index in [2.05, 4.69) is 15.1 Å². The van der Waals surface area contributed by atoms with Gasteiger partial charge in [-0.2, -0.15) is 4.98 Å². The number of rotatable bonds is 3. The summed E-state index contributed by atoms with van der Waals surface area (Å²) in [5.41, 5.74) is 0.652. The number of hydrogen-bond donors (Lipinski definition) is 0. The molecule has 0 saturated carbocycles. The Hall–Kier alpha value is -3.16. The van der Waals surface area contributed by atoms with Gasteiger partial charge in [0.05, 0.1) is 0 Å². The van der Waals surface area contributed by atoms with E-state index >= 15 is 0 Å². The molecule has 1 aliphatic rings. The molecule has 132 valence electrons. The lowest BCUT2D eigenvalue weighted by Crippen LogP contribution is -2.30. The van der Waals surface area contributed by atoms with Crippen molar-refractivity contribution in [2.24, 2.45) is 0 Å². The van der Waals surface area contributed by atoms with Crippen LogP contribution in [0.25, 0.3) is 11.5 Å². The van der Waals surface area contributed by atoms with Crippen LogP contribution in [0.4, 0.5) is 8.78 Å². The van der Waals surface area contributed by atoms with Crippen molar-refractivity contribution in [1.29, 1.82) is 0 Å². The van der Waals surface area contributed by atoms with Gasteiger partial charge in [0.15, 0.2) is 11.6 Å². The smallest absolute Gasteiger partial charge is 0.254 e. The Morgan fingerprint density at radius 2 is 2.08 bits per heavy atom. The van der Waals surface area contributed by atoms with Gasteiger partial charge in [-0.15, -0.1) is 0 Å². The lowest BCUT2D eigenvalue weighted by molar-refractivity contribution is 0.0709. The quantitative estimate of drug-likeness (QED) is 0.719. The molecule has 1 fully saturated rings. The van der Waals surface area contributed by atoms with Crippen LogP contribution in [-0.4, -0.2) is 32.5 Å². The SMILES string of the molecule is O=C(c1ccc(F)c(F)c1)N1CCCC1c1nc(-c2ccccn2)no1. The van der Waals surface area contributed by atoms with E-state index in [-0.39, 0.29) is 5.56 Å². The number of carbonyl (C=O) groups excluding carboxylic acids is 1. The Morgan fingerprint density at radius 1 is 1.19 bits per heavy atom. The number of hydrogen-bond acceptors (Lipinski definition) is 5. The molecular weight excluding hydrogens is 342 g/mol. The zero-order chi connectivity index (χ0) is 18.1. The number of likely N-dealkylation sites (tertiary alicyclic amines) is 1. The monoisotopic (exact) mass is 356 g/mol. The normalized spacial score (nSPS) is 16.8. The number of pyridine rings is 1. The average molecular weight is 356 g/mol. The van der Waals surface area contributed by atoms with Gasteiger partial charge in [0, 0.05) is 18.3 Å². The van der Waals surface area contributed by atoms with Crippen molar-refractivity contribution in [3.8, 4) is 11.5 Å². The van der Waals surface area contributed by atoms with Gasteiger partial charge < -0.3 is 9.42 Å². The van der Waals surface area contributed by atoms with Crippen molar-refractivity contribution in [3.63, 3.8) is 0 Å². The predicted octanol–water partition coefficient (Wildman–Crippen LogP) is 3.39. The fourth-order valence-electron chi connectivity index (χ4n) is 3.03. The number of carbonyl (C=O) groups is 1. The number of aromatic nitrogens is 3. The lowest BCUT2D eigenvalue weighted by Gasteiger charge is -2.21. The zero-order valence-electron chi connectivity index (χ0n) is 13.6. The summed E-state index contributed by atoms with van der Waals surface area (Å²) in [6, 6.07) is 8.06.